The van der Waals surface area contributed by atoms with E-state index in [0.29, 0.717) is 12.1 Å². The number of thiophene rings is 1. The topological polar surface area (TPSA) is 32.3 Å². The van der Waals surface area contributed by atoms with Crippen LogP contribution in [0.1, 0.15) is 17.2 Å². The molecule has 1 heterocycles. The van der Waals surface area contributed by atoms with Gasteiger partial charge in [-0.15, -0.1) is 0 Å². The molecule has 0 bridgehead atoms. The van der Waals surface area contributed by atoms with Gasteiger partial charge in [-0.2, -0.15) is 11.3 Å². The standard InChI is InChI=1S/C14H16FNOS/c15-13-4-2-1-3-12(13)14(17)9-16-7-5-11-6-8-18-10-11/h1-4,6,8,10,14,16-17H,5,7,9H2. The molecule has 0 amide bonds. The summed E-state index contributed by atoms with van der Waals surface area (Å²) in [6.07, 6.45) is 0.127. The second kappa shape index (κ2) is 6.64. The maximum Gasteiger partial charge on any atom is 0.129 e. The first-order chi connectivity index (χ1) is 8.77. The van der Waals surface area contributed by atoms with Crippen LogP contribution in [0.5, 0.6) is 0 Å². The Morgan fingerprint density at radius 1 is 1.28 bits per heavy atom. The van der Waals surface area contributed by atoms with Crippen LogP contribution in [0, 0.1) is 5.82 Å². The highest BCUT2D eigenvalue weighted by atomic mass is 32.1. The highest BCUT2D eigenvalue weighted by Gasteiger charge is 2.11. The minimum Gasteiger partial charge on any atom is -0.387 e. The van der Waals surface area contributed by atoms with Gasteiger partial charge in [0.1, 0.15) is 5.82 Å². The molecule has 0 fully saturated rings. The van der Waals surface area contributed by atoms with E-state index in [9.17, 15) is 9.50 Å². The van der Waals surface area contributed by atoms with E-state index in [1.54, 1.807) is 29.5 Å². The Hall–Kier alpha value is -1.23. The average Bonchev–Trinajstić information content (AvgIpc) is 2.88. The molecule has 4 heteroatoms. The van der Waals surface area contributed by atoms with Gasteiger partial charge in [-0.25, -0.2) is 4.39 Å². The van der Waals surface area contributed by atoms with Crippen molar-refractivity contribution in [2.24, 2.45) is 0 Å². The van der Waals surface area contributed by atoms with E-state index in [1.807, 2.05) is 5.38 Å². The van der Waals surface area contributed by atoms with Crippen molar-refractivity contribution in [2.75, 3.05) is 13.1 Å². The number of rotatable bonds is 6. The average molecular weight is 265 g/mol. The van der Waals surface area contributed by atoms with Gasteiger partial charge in [0.05, 0.1) is 6.10 Å². The van der Waals surface area contributed by atoms with E-state index in [2.05, 4.69) is 16.8 Å². The molecule has 0 saturated heterocycles. The minimum atomic E-state index is -0.798. The Kier molecular flexibility index (Phi) is 4.87. The van der Waals surface area contributed by atoms with Crippen molar-refractivity contribution in [3.05, 3.63) is 58.0 Å². The van der Waals surface area contributed by atoms with Gasteiger partial charge in [0.2, 0.25) is 0 Å². The molecule has 0 aliphatic carbocycles. The van der Waals surface area contributed by atoms with E-state index < -0.39 is 6.10 Å². The Labute approximate surface area is 110 Å². The summed E-state index contributed by atoms with van der Waals surface area (Å²) < 4.78 is 13.4. The largest absolute Gasteiger partial charge is 0.387 e. The zero-order valence-corrected chi connectivity index (χ0v) is 10.8. The third kappa shape index (κ3) is 3.63. The molecule has 2 aromatic rings. The predicted octanol–water partition coefficient (Wildman–Crippen LogP) is 2.75. The lowest BCUT2D eigenvalue weighted by atomic mass is 10.1. The first-order valence-electron chi connectivity index (χ1n) is 5.91. The van der Waals surface area contributed by atoms with Crippen LogP contribution in [0.3, 0.4) is 0 Å². The van der Waals surface area contributed by atoms with Gasteiger partial charge in [0.25, 0.3) is 0 Å². The summed E-state index contributed by atoms with van der Waals surface area (Å²) in [6, 6.07) is 8.41. The summed E-state index contributed by atoms with van der Waals surface area (Å²) in [5, 5.41) is 17.1. The zero-order valence-electron chi connectivity index (χ0n) is 9.97. The van der Waals surface area contributed by atoms with Crippen molar-refractivity contribution < 1.29 is 9.50 Å². The third-order valence-corrected chi connectivity index (χ3v) is 3.50. The maximum atomic E-state index is 13.4. The van der Waals surface area contributed by atoms with E-state index in [1.165, 1.54) is 11.6 Å². The highest BCUT2D eigenvalue weighted by molar-refractivity contribution is 7.07. The number of halogens is 1. The van der Waals surface area contributed by atoms with Gasteiger partial charge in [-0.3, -0.25) is 0 Å². The molecule has 0 aliphatic rings. The molecule has 18 heavy (non-hydrogen) atoms. The first kappa shape index (κ1) is 13.2. The Balaban J connectivity index is 1.75. The van der Waals surface area contributed by atoms with Crippen LogP contribution < -0.4 is 5.32 Å². The fourth-order valence-corrected chi connectivity index (χ4v) is 2.46. The fraction of sp³-hybridized carbons (Fsp3) is 0.286. The smallest absolute Gasteiger partial charge is 0.129 e. The SMILES string of the molecule is OC(CNCCc1ccsc1)c1ccccc1F. The van der Waals surface area contributed by atoms with Gasteiger partial charge in [0.15, 0.2) is 0 Å². The molecule has 2 nitrogen and oxygen atoms in total. The van der Waals surface area contributed by atoms with Crippen LogP contribution in [0.25, 0.3) is 0 Å². The number of nitrogens with one attached hydrogen (secondary N) is 1. The Bertz CT molecular complexity index is 472. The molecule has 2 N–H and O–H groups in total. The molecule has 0 saturated carbocycles. The van der Waals surface area contributed by atoms with Crippen LogP contribution in [0.4, 0.5) is 4.39 Å². The Morgan fingerprint density at radius 2 is 2.11 bits per heavy atom. The molecular formula is C14H16FNOS. The quantitative estimate of drug-likeness (QED) is 0.787. The van der Waals surface area contributed by atoms with Crippen molar-refractivity contribution in [3.8, 4) is 0 Å². The molecule has 1 aromatic heterocycles. The summed E-state index contributed by atoms with van der Waals surface area (Å²) in [4.78, 5) is 0. The van der Waals surface area contributed by atoms with E-state index >= 15 is 0 Å². The van der Waals surface area contributed by atoms with Crippen LogP contribution in [-0.2, 0) is 6.42 Å². The fourth-order valence-electron chi connectivity index (χ4n) is 1.76. The van der Waals surface area contributed by atoms with Crippen molar-refractivity contribution >= 4 is 11.3 Å². The van der Waals surface area contributed by atoms with Crippen LogP contribution >= 0.6 is 11.3 Å². The molecule has 0 aliphatic heterocycles. The molecule has 1 aromatic carbocycles. The Morgan fingerprint density at radius 3 is 2.83 bits per heavy atom. The van der Waals surface area contributed by atoms with Gasteiger partial charge >= 0.3 is 0 Å². The molecule has 96 valence electrons. The third-order valence-electron chi connectivity index (χ3n) is 2.77. The molecule has 0 spiro atoms. The normalized spacial score (nSPS) is 12.6. The van der Waals surface area contributed by atoms with Crippen molar-refractivity contribution in [1.29, 1.82) is 0 Å². The zero-order chi connectivity index (χ0) is 12.8. The summed E-state index contributed by atoms with van der Waals surface area (Å²) in [7, 11) is 0. The predicted molar refractivity (Wildman–Crippen MR) is 72.3 cm³/mol. The summed E-state index contributed by atoms with van der Waals surface area (Å²) in [5.41, 5.74) is 1.63. The number of benzene rings is 1. The molecular weight excluding hydrogens is 249 g/mol. The van der Waals surface area contributed by atoms with Gasteiger partial charge in [-0.1, -0.05) is 18.2 Å². The molecule has 2 rings (SSSR count). The number of aliphatic hydroxyl groups is 1. The lowest BCUT2D eigenvalue weighted by Gasteiger charge is -2.12. The van der Waals surface area contributed by atoms with Gasteiger partial charge < -0.3 is 10.4 Å². The lowest BCUT2D eigenvalue weighted by Crippen LogP contribution is -2.24. The van der Waals surface area contributed by atoms with Crippen molar-refractivity contribution in [1.82, 2.24) is 5.32 Å². The van der Waals surface area contributed by atoms with E-state index in [0.717, 1.165) is 13.0 Å². The maximum absolute atomic E-state index is 13.4. The summed E-state index contributed by atoms with van der Waals surface area (Å²) in [6.45, 7) is 1.15. The van der Waals surface area contributed by atoms with Crippen LogP contribution in [-0.4, -0.2) is 18.2 Å². The van der Waals surface area contributed by atoms with Gasteiger partial charge in [0, 0.05) is 12.1 Å². The van der Waals surface area contributed by atoms with E-state index in [-0.39, 0.29) is 5.82 Å². The van der Waals surface area contributed by atoms with E-state index in [4.69, 9.17) is 0 Å². The van der Waals surface area contributed by atoms with Crippen LogP contribution in [0.2, 0.25) is 0 Å². The number of hydrogen-bond acceptors (Lipinski definition) is 3. The van der Waals surface area contributed by atoms with Crippen LogP contribution in [0.15, 0.2) is 41.1 Å². The molecule has 1 atom stereocenters. The minimum absolute atomic E-state index is 0.348. The number of aliphatic hydroxyl groups excluding tert-OH is 1. The molecule has 1 unspecified atom stereocenters. The number of hydrogen-bond donors (Lipinski definition) is 2. The molecule has 0 radical (unpaired) electrons. The second-order valence-electron chi connectivity index (χ2n) is 4.12. The summed E-state index contributed by atoms with van der Waals surface area (Å²) in [5.74, 6) is -0.357. The van der Waals surface area contributed by atoms with Crippen molar-refractivity contribution in [3.63, 3.8) is 0 Å². The lowest BCUT2D eigenvalue weighted by molar-refractivity contribution is 0.170. The highest BCUT2D eigenvalue weighted by Crippen LogP contribution is 2.15. The van der Waals surface area contributed by atoms with Gasteiger partial charge in [-0.05, 0) is 41.4 Å². The van der Waals surface area contributed by atoms with Crippen molar-refractivity contribution in [2.45, 2.75) is 12.5 Å². The summed E-state index contributed by atoms with van der Waals surface area (Å²) >= 11 is 1.68. The second-order valence-corrected chi connectivity index (χ2v) is 4.90. The first-order valence-corrected chi connectivity index (χ1v) is 6.86. The monoisotopic (exact) mass is 265 g/mol.